The van der Waals surface area contributed by atoms with E-state index in [0.717, 1.165) is 38.5 Å². The van der Waals surface area contributed by atoms with Gasteiger partial charge in [-0.2, -0.15) is 0 Å². The lowest BCUT2D eigenvalue weighted by Gasteiger charge is -2.33. The van der Waals surface area contributed by atoms with Crippen LogP contribution in [0.2, 0.25) is 5.02 Å². The molecule has 2 heterocycles. The first kappa shape index (κ1) is 22.5. The van der Waals surface area contributed by atoms with Crippen molar-refractivity contribution in [2.45, 2.75) is 63.8 Å². The molecule has 1 amide bonds. The molecule has 0 radical (unpaired) electrons. The Hall–Kier alpha value is -2.67. The van der Waals surface area contributed by atoms with Crippen molar-refractivity contribution in [1.82, 2.24) is 14.9 Å². The minimum Gasteiger partial charge on any atom is -0.367 e. The summed E-state index contributed by atoms with van der Waals surface area (Å²) in [5.74, 6) is 0.901. The third-order valence-corrected chi connectivity index (χ3v) is 6.79. The molecule has 4 rings (SSSR count). The number of nitrogens with zero attached hydrogens (tertiary/aromatic N) is 2. The summed E-state index contributed by atoms with van der Waals surface area (Å²) in [6, 6.07) is 7.34. The molecule has 1 aromatic carbocycles. The monoisotopic (exact) mass is 455 g/mol. The lowest BCUT2D eigenvalue weighted by atomic mass is 9.95. The van der Waals surface area contributed by atoms with Crippen LogP contribution in [0.25, 0.3) is 0 Å². The second-order valence-electron chi connectivity index (χ2n) is 8.85. The Morgan fingerprint density at radius 1 is 1.19 bits per heavy atom. The van der Waals surface area contributed by atoms with Gasteiger partial charge in [-0.3, -0.25) is 9.59 Å². The van der Waals surface area contributed by atoms with E-state index in [2.05, 4.69) is 10.3 Å². The van der Waals surface area contributed by atoms with E-state index < -0.39 is 0 Å². The number of benzene rings is 1. The van der Waals surface area contributed by atoms with Gasteiger partial charge < -0.3 is 20.6 Å². The Morgan fingerprint density at radius 3 is 2.66 bits per heavy atom. The molecule has 7 nitrogen and oxygen atoms in total. The highest BCUT2D eigenvalue weighted by Crippen LogP contribution is 2.28. The first-order valence-electron chi connectivity index (χ1n) is 11.4. The van der Waals surface area contributed by atoms with Crippen LogP contribution in [0.3, 0.4) is 0 Å². The molecule has 1 saturated carbocycles. The number of nitrogens with one attached hydrogen (secondary N) is 3. The number of hydrogen-bond donors (Lipinski definition) is 3. The van der Waals surface area contributed by atoms with E-state index in [1.807, 2.05) is 0 Å². The Balaban J connectivity index is 1.59. The number of aromatic amines is 1. The Labute approximate surface area is 193 Å². The van der Waals surface area contributed by atoms with Crippen molar-refractivity contribution in [3.63, 3.8) is 0 Å². The van der Waals surface area contributed by atoms with Crippen LogP contribution in [0.5, 0.6) is 0 Å². The topological polar surface area (TPSA) is 102 Å². The number of carbonyl (C=O) groups is 1. The molecule has 0 spiro atoms. The van der Waals surface area contributed by atoms with Crippen molar-refractivity contribution < 1.29 is 4.79 Å². The van der Waals surface area contributed by atoms with Crippen LogP contribution >= 0.6 is 11.6 Å². The summed E-state index contributed by atoms with van der Waals surface area (Å²) in [5.41, 5.74) is 0.697. The molecule has 0 bridgehead atoms. The second kappa shape index (κ2) is 9.86. The normalized spacial score (nSPS) is 19.6. The fourth-order valence-corrected chi connectivity index (χ4v) is 4.98. The quantitative estimate of drug-likeness (QED) is 0.574. The lowest BCUT2D eigenvalue weighted by Crippen LogP contribution is -2.40. The van der Waals surface area contributed by atoms with E-state index in [-0.39, 0.29) is 29.1 Å². The summed E-state index contributed by atoms with van der Waals surface area (Å²) in [6.07, 6.45) is 7.30. The summed E-state index contributed by atoms with van der Waals surface area (Å²) in [4.78, 5) is 35.4. The van der Waals surface area contributed by atoms with Gasteiger partial charge in [-0.05, 0) is 44.7 Å². The van der Waals surface area contributed by atoms with Crippen LogP contribution in [-0.4, -0.2) is 45.6 Å². The third-order valence-electron chi connectivity index (χ3n) is 6.46. The molecule has 1 aliphatic carbocycles. The van der Waals surface area contributed by atoms with E-state index in [9.17, 15) is 9.59 Å². The highest BCUT2D eigenvalue weighted by molar-refractivity contribution is 6.33. The van der Waals surface area contributed by atoms with E-state index >= 15 is 0 Å². The summed E-state index contributed by atoms with van der Waals surface area (Å²) < 4.78 is 0. The van der Waals surface area contributed by atoms with E-state index in [1.165, 1.54) is 6.42 Å². The van der Waals surface area contributed by atoms with Gasteiger partial charge in [-0.1, -0.05) is 43.0 Å². The van der Waals surface area contributed by atoms with Crippen molar-refractivity contribution in [1.29, 1.82) is 5.41 Å². The number of hydrogen-bond acceptors (Lipinski definition) is 5. The first-order valence-corrected chi connectivity index (χ1v) is 11.8. The second-order valence-corrected chi connectivity index (χ2v) is 9.26. The van der Waals surface area contributed by atoms with Crippen LogP contribution < -0.4 is 10.9 Å². The predicted octanol–water partition coefficient (Wildman–Crippen LogP) is 4.58. The molecule has 170 valence electrons. The SMILES string of the molecule is CC(=N)c1c(NC2CCCCC2)nc(C2CCCN(C(=O)c3ccccc3Cl)C2)[nH]c1=O. The maximum atomic E-state index is 13.0. The van der Waals surface area contributed by atoms with Crippen molar-refractivity contribution in [2.75, 3.05) is 18.4 Å². The molecule has 32 heavy (non-hydrogen) atoms. The van der Waals surface area contributed by atoms with Gasteiger partial charge in [0.15, 0.2) is 0 Å². The molecule has 1 aromatic heterocycles. The van der Waals surface area contributed by atoms with Crippen LogP contribution in [0.1, 0.15) is 79.5 Å². The van der Waals surface area contributed by atoms with E-state index in [4.69, 9.17) is 22.0 Å². The van der Waals surface area contributed by atoms with Gasteiger partial charge in [0.2, 0.25) is 0 Å². The molecule has 1 atom stereocenters. The van der Waals surface area contributed by atoms with Crippen LogP contribution in [0, 0.1) is 5.41 Å². The fourth-order valence-electron chi connectivity index (χ4n) is 4.77. The molecule has 2 aromatic rings. The molecular weight excluding hydrogens is 426 g/mol. The van der Waals surface area contributed by atoms with Crippen LogP contribution in [-0.2, 0) is 0 Å². The van der Waals surface area contributed by atoms with Crippen molar-refractivity contribution in [3.8, 4) is 0 Å². The number of aromatic nitrogens is 2. The summed E-state index contributed by atoms with van der Waals surface area (Å²) in [7, 11) is 0. The van der Waals surface area contributed by atoms with Crippen molar-refractivity contribution >= 4 is 29.0 Å². The van der Waals surface area contributed by atoms with Gasteiger partial charge >= 0.3 is 0 Å². The molecular formula is C24H30ClN5O2. The molecule has 8 heteroatoms. The predicted molar refractivity (Wildman–Crippen MR) is 127 cm³/mol. The Morgan fingerprint density at radius 2 is 1.94 bits per heavy atom. The van der Waals surface area contributed by atoms with Crippen molar-refractivity contribution in [3.05, 3.63) is 56.6 Å². The van der Waals surface area contributed by atoms with Gasteiger partial charge in [0.1, 0.15) is 17.2 Å². The highest BCUT2D eigenvalue weighted by Gasteiger charge is 2.29. The van der Waals surface area contributed by atoms with Gasteiger partial charge in [0, 0.05) is 30.8 Å². The molecule has 2 fully saturated rings. The number of likely N-dealkylation sites (tertiary alicyclic amines) is 1. The summed E-state index contributed by atoms with van der Waals surface area (Å²) >= 11 is 6.24. The average Bonchev–Trinajstić information content (AvgIpc) is 2.79. The zero-order chi connectivity index (χ0) is 22.7. The number of halogens is 1. The van der Waals surface area contributed by atoms with Crippen LogP contribution in [0.15, 0.2) is 29.1 Å². The minimum absolute atomic E-state index is 0.0742. The van der Waals surface area contributed by atoms with E-state index in [1.54, 1.807) is 36.1 Å². The largest absolute Gasteiger partial charge is 0.367 e. The number of rotatable bonds is 5. The molecule has 1 aliphatic heterocycles. The Kier molecular flexibility index (Phi) is 6.94. The Bertz CT molecular complexity index is 1060. The molecule has 2 aliphatic rings. The average molecular weight is 456 g/mol. The number of anilines is 1. The fraction of sp³-hybridized carbons (Fsp3) is 0.500. The third kappa shape index (κ3) is 4.88. The lowest BCUT2D eigenvalue weighted by molar-refractivity contribution is 0.0704. The number of H-pyrrole nitrogens is 1. The number of amides is 1. The highest BCUT2D eigenvalue weighted by atomic mass is 35.5. The summed E-state index contributed by atoms with van der Waals surface area (Å²) in [6.45, 7) is 2.73. The van der Waals surface area contributed by atoms with Gasteiger partial charge in [-0.25, -0.2) is 4.98 Å². The maximum Gasteiger partial charge on any atom is 0.262 e. The molecule has 1 unspecified atom stereocenters. The maximum absolute atomic E-state index is 13.0. The zero-order valence-electron chi connectivity index (χ0n) is 18.4. The number of carbonyl (C=O) groups excluding carboxylic acids is 1. The summed E-state index contributed by atoms with van der Waals surface area (Å²) in [5, 5.41) is 12.0. The number of piperidine rings is 1. The van der Waals surface area contributed by atoms with Gasteiger partial charge in [0.25, 0.3) is 11.5 Å². The first-order chi connectivity index (χ1) is 15.4. The zero-order valence-corrected chi connectivity index (χ0v) is 19.2. The van der Waals surface area contributed by atoms with E-state index in [0.29, 0.717) is 40.9 Å². The van der Waals surface area contributed by atoms with Crippen LogP contribution in [0.4, 0.5) is 5.82 Å². The molecule has 1 saturated heterocycles. The molecule has 3 N–H and O–H groups in total. The van der Waals surface area contributed by atoms with Gasteiger partial charge in [-0.15, -0.1) is 0 Å². The smallest absolute Gasteiger partial charge is 0.262 e. The minimum atomic E-state index is -0.296. The standard InChI is InChI=1S/C24H30ClN5O2/c1-15(26)20-22(27-17-9-3-2-4-10-17)28-21(29-23(20)31)16-8-7-13-30(14-16)24(32)18-11-5-6-12-19(18)25/h5-6,11-12,16-17,26H,2-4,7-10,13-14H2,1H3,(H2,27,28,29,31). The van der Waals surface area contributed by atoms with Gasteiger partial charge in [0.05, 0.1) is 10.6 Å². The van der Waals surface area contributed by atoms with Crippen molar-refractivity contribution in [2.24, 2.45) is 0 Å².